The molecule has 0 radical (unpaired) electrons. The Bertz CT molecular complexity index is 723. The van der Waals surface area contributed by atoms with Gasteiger partial charge in [0.05, 0.1) is 11.9 Å². The minimum Gasteiger partial charge on any atom is -0.439 e. The van der Waals surface area contributed by atoms with Crippen molar-refractivity contribution in [2.45, 2.75) is 13.0 Å². The molecule has 0 N–H and O–H groups in total. The number of aromatic nitrogens is 4. The van der Waals surface area contributed by atoms with Gasteiger partial charge in [0.2, 0.25) is 5.89 Å². The summed E-state index contributed by atoms with van der Waals surface area (Å²) in [6.07, 6.45) is 4.09. The summed E-state index contributed by atoms with van der Waals surface area (Å²) in [5, 5.41) is 7.98. The van der Waals surface area contributed by atoms with E-state index in [1.54, 1.807) is 23.0 Å². The third-order valence-corrected chi connectivity index (χ3v) is 3.11. The molecule has 0 saturated carbocycles. The van der Waals surface area contributed by atoms with Crippen molar-refractivity contribution >= 4 is 11.6 Å². The van der Waals surface area contributed by atoms with Crippen molar-refractivity contribution in [3.63, 3.8) is 0 Å². The molecular weight excluding hydrogens is 295 g/mol. The third kappa shape index (κ3) is 3.28. The van der Waals surface area contributed by atoms with Crippen LogP contribution in [0.15, 0.2) is 41.1 Å². The van der Waals surface area contributed by atoms with Gasteiger partial charge in [0.25, 0.3) is 0 Å². The number of hydrogen-bond donors (Lipinski definition) is 0. The zero-order valence-electron chi connectivity index (χ0n) is 11.0. The van der Waals surface area contributed by atoms with Crippen molar-refractivity contribution in [3.05, 3.63) is 54.1 Å². The van der Waals surface area contributed by atoms with Crippen LogP contribution < -0.4 is 0 Å². The fourth-order valence-electron chi connectivity index (χ4n) is 1.90. The van der Waals surface area contributed by atoms with Gasteiger partial charge in [0.15, 0.2) is 5.76 Å². The largest absolute Gasteiger partial charge is 0.439 e. The number of oxazole rings is 1. The molecule has 0 aliphatic heterocycles. The SMILES string of the molecule is Fc1ccc(-c2cnc(Cn3cc(CCCl)nn3)o2)cc1. The normalized spacial score (nSPS) is 11.0. The third-order valence-electron chi connectivity index (χ3n) is 2.92. The second kappa shape index (κ2) is 6.05. The van der Waals surface area contributed by atoms with Crippen LogP contribution in [0.2, 0.25) is 0 Å². The Kier molecular flexibility index (Phi) is 3.96. The van der Waals surface area contributed by atoms with Crippen LogP contribution in [0.3, 0.4) is 0 Å². The monoisotopic (exact) mass is 306 g/mol. The Morgan fingerprint density at radius 2 is 2.05 bits per heavy atom. The predicted molar refractivity (Wildman–Crippen MR) is 75.4 cm³/mol. The van der Waals surface area contributed by atoms with Gasteiger partial charge in [-0.3, -0.25) is 0 Å². The standard InChI is InChI=1S/C14H12ClFN4O/c15-6-5-12-8-20(19-18-12)9-14-17-7-13(21-14)10-1-3-11(16)4-2-10/h1-4,7-8H,5-6,9H2. The molecule has 2 heterocycles. The van der Waals surface area contributed by atoms with Crippen LogP contribution in [-0.4, -0.2) is 25.9 Å². The highest BCUT2D eigenvalue weighted by atomic mass is 35.5. The van der Waals surface area contributed by atoms with Crippen LogP contribution in [0.5, 0.6) is 0 Å². The second-order valence-corrected chi connectivity index (χ2v) is 4.85. The molecule has 0 fully saturated rings. The molecule has 3 rings (SSSR count). The van der Waals surface area contributed by atoms with Crippen molar-refractivity contribution in [2.75, 3.05) is 5.88 Å². The Balaban J connectivity index is 1.73. The zero-order chi connectivity index (χ0) is 14.7. The number of hydrogen-bond acceptors (Lipinski definition) is 4. The van der Waals surface area contributed by atoms with Crippen molar-refractivity contribution in [1.29, 1.82) is 0 Å². The zero-order valence-corrected chi connectivity index (χ0v) is 11.8. The molecule has 3 aromatic rings. The molecule has 0 bridgehead atoms. The summed E-state index contributed by atoms with van der Waals surface area (Å²) in [5.41, 5.74) is 1.60. The molecule has 0 aliphatic carbocycles. The van der Waals surface area contributed by atoms with Crippen LogP contribution in [0.1, 0.15) is 11.6 Å². The van der Waals surface area contributed by atoms with E-state index in [0.29, 0.717) is 30.5 Å². The van der Waals surface area contributed by atoms with E-state index in [1.165, 1.54) is 12.1 Å². The number of rotatable bonds is 5. The predicted octanol–water partition coefficient (Wildman–Crippen LogP) is 2.90. The summed E-state index contributed by atoms with van der Waals surface area (Å²) in [5.74, 6) is 1.32. The summed E-state index contributed by atoms with van der Waals surface area (Å²) in [4.78, 5) is 4.19. The Labute approximate surface area is 125 Å². The number of aryl methyl sites for hydroxylation is 1. The Hall–Kier alpha value is -2.21. The van der Waals surface area contributed by atoms with E-state index in [1.807, 2.05) is 6.20 Å². The van der Waals surface area contributed by atoms with Crippen LogP contribution in [-0.2, 0) is 13.0 Å². The molecule has 0 unspecified atom stereocenters. The van der Waals surface area contributed by atoms with Crippen molar-refractivity contribution in [3.8, 4) is 11.3 Å². The molecule has 108 valence electrons. The number of halogens is 2. The van der Waals surface area contributed by atoms with Crippen LogP contribution >= 0.6 is 11.6 Å². The lowest BCUT2D eigenvalue weighted by Gasteiger charge is -1.96. The van der Waals surface area contributed by atoms with E-state index in [9.17, 15) is 4.39 Å². The molecule has 0 aliphatic rings. The maximum absolute atomic E-state index is 12.9. The lowest BCUT2D eigenvalue weighted by Crippen LogP contribution is -2.00. The Morgan fingerprint density at radius 1 is 1.24 bits per heavy atom. The van der Waals surface area contributed by atoms with Crippen LogP contribution in [0.25, 0.3) is 11.3 Å². The van der Waals surface area contributed by atoms with Crippen molar-refractivity contribution < 1.29 is 8.81 Å². The maximum atomic E-state index is 12.9. The highest BCUT2D eigenvalue weighted by Gasteiger charge is 2.08. The van der Waals surface area contributed by atoms with Crippen LogP contribution in [0, 0.1) is 5.82 Å². The fraction of sp³-hybridized carbons (Fsp3) is 0.214. The first-order valence-electron chi connectivity index (χ1n) is 6.40. The fourth-order valence-corrected chi connectivity index (χ4v) is 2.09. The van der Waals surface area contributed by atoms with Crippen molar-refractivity contribution in [1.82, 2.24) is 20.0 Å². The van der Waals surface area contributed by atoms with Gasteiger partial charge < -0.3 is 4.42 Å². The first kappa shape index (κ1) is 13.8. The van der Waals surface area contributed by atoms with E-state index >= 15 is 0 Å². The summed E-state index contributed by atoms with van der Waals surface area (Å²) in [7, 11) is 0. The minimum atomic E-state index is -0.284. The first-order valence-corrected chi connectivity index (χ1v) is 6.93. The van der Waals surface area contributed by atoms with Gasteiger partial charge in [0, 0.05) is 24.1 Å². The molecule has 0 spiro atoms. The highest BCUT2D eigenvalue weighted by molar-refractivity contribution is 6.17. The first-order chi connectivity index (χ1) is 10.2. The van der Waals surface area contributed by atoms with E-state index in [-0.39, 0.29) is 5.82 Å². The van der Waals surface area contributed by atoms with E-state index in [2.05, 4.69) is 15.3 Å². The number of nitrogens with zero attached hydrogens (tertiary/aromatic N) is 4. The number of benzene rings is 1. The van der Waals surface area contributed by atoms with Crippen LogP contribution in [0.4, 0.5) is 4.39 Å². The Morgan fingerprint density at radius 3 is 2.81 bits per heavy atom. The minimum absolute atomic E-state index is 0.284. The molecule has 0 saturated heterocycles. The van der Waals surface area contributed by atoms with Gasteiger partial charge in [-0.25, -0.2) is 14.1 Å². The average Bonchev–Trinajstić information content (AvgIpc) is 3.11. The molecule has 2 aromatic heterocycles. The molecule has 21 heavy (non-hydrogen) atoms. The summed E-state index contributed by atoms with van der Waals surface area (Å²) in [6.45, 7) is 0.385. The van der Waals surface area contributed by atoms with Gasteiger partial charge in [-0.2, -0.15) is 0 Å². The maximum Gasteiger partial charge on any atom is 0.216 e. The molecule has 5 nitrogen and oxygen atoms in total. The molecule has 1 aromatic carbocycles. The van der Waals surface area contributed by atoms with Gasteiger partial charge in [-0.15, -0.1) is 16.7 Å². The van der Waals surface area contributed by atoms with E-state index in [0.717, 1.165) is 11.3 Å². The number of alkyl halides is 1. The van der Waals surface area contributed by atoms with E-state index < -0.39 is 0 Å². The quantitative estimate of drug-likeness (QED) is 0.680. The van der Waals surface area contributed by atoms with Gasteiger partial charge >= 0.3 is 0 Å². The summed E-state index contributed by atoms with van der Waals surface area (Å²) >= 11 is 5.65. The average molecular weight is 307 g/mol. The van der Waals surface area contributed by atoms with E-state index in [4.69, 9.17) is 16.0 Å². The topological polar surface area (TPSA) is 56.7 Å². The second-order valence-electron chi connectivity index (χ2n) is 4.47. The summed E-state index contributed by atoms with van der Waals surface area (Å²) in [6, 6.07) is 6.06. The molecule has 0 atom stereocenters. The lowest BCUT2D eigenvalue weighted by atomic mass is 10.2. The van der Waals surface area contributed by atoms with Gasteiger partial charge in [-0.05, 0) is 24.3 Å². The molecular formula is C14H12ClFN4O. The highest BCUT2D eigenvalue weighted by Crippen LogP contribution is 2.20. The van der Waals surface area contributed by atoms with Gasteiger partial charge in [-0.1, -0.05) is 5.21 Å². The lowest BCUT2D eigenvalue weighted by molar-refractivity contribution is 0.469. The smallest absolute Gasteiger partial charge is 0.216 e. The summed E-state index contributed by atoms with van der Waals surface area (Å²) < 4.78 is 20.2. The van der Waals surface area contributed by atoms with Crippen molar-refractivity contribution in [2.24, 2.45) is 0 Å². The molecule has 0 amide bonds. The van der Waals surface area contributed by atoms with Gasteiger partial charge in [0.1, 0.15) is 12.4 Å². The molecule has 7 heteroatoms.